The molecule has 0 aliphatic carbocycles. The van der Waals surface area contributed by atoms with Gasteiger partial charge in [0.05, 0.1) is 6.10 Å². The van der Waals surface area contributed by atoms with Crippen LogP contribution in [0, 0.1) is 0 Å². The third kappa shape index (κ3) is 3.79. The van der Waals surface area contributed by atoms with Gasteiger partial charge < -0.3 is 20.7 Å². The molecule has 1 amide bonds. The number of aliphatic hydroxyl groups excluding tert-OH is 1. The fourth-order valence-electron chi connectivity index (χ4n) is 1.49. The van der Waals surface area contributed by atoms with Crippen molar-refractivity contribution in [3.8, 4) is 0 Å². The molecule has 1 aromatic heterocycles. The first-order valence-corrected chi connectivity index (χ1v) is 7.49. The van der Waals surface area contributed by atoms with Gasteiger partial charge in [-0.1, -0.05) is 0 Å². The number of nitrogens with zero attached hydrogens (tertiary/aromatic N) is 1. The molecule has 8 nitrogen and oxygen atoms in total. The molecule has 0 bridgehead atoms. The van der Waals surface area contributed by atoms with Crippen molar-refractivity contribution in [2.75, 3.05) is 13.6 Å². The number of sulfonamides is 1. The molecule has 114 valence electrons. The molecule has 1 rings (SSSR count). The van der Waals surface area contributed by atoms with Crippen molar-refractivity contribution in [1.82, 2.24) is 14.6 Å². The van der Waals surface area contributed by atoms with Crippen molar-refractivity contribution < 1.29 is 18.3 Å². The Labute approximate surface area is 118 Å². The number of nitrogens with one attached hydrogen (secondary N) is 2. The lowest BCUT2D eigenvalue weighted by atomic mass is 10.2. The van der Waals surface area contributed by atoms with Crippen LogP contribution in [-0.4, -0.2) is 49.7 Å². The predicted octanol–water partition coefficient (Wildman–Crippen LogP) is -1.63. The highest BCUT2D eigenvalue weighted by atomic mass is 32.2. The molecule has 5 N–H and O–H groups in total. The van der Waals surface area contributed by atoms with E-state index in [9.17, 15) is 18.3 Å². The standard InChI is InChI=1S/C11H20N4O4S/c1-7(16)9(12)5-14-20(18,19)8-4-10(11(17)13-2)15(3)6-8/h4,6-7,9,14,16H,5,12H2,1-3H3,(H,13,17). The van der Waals surface area contributed by atoms with Crippen LogP contribution >= 0.6 is 0 Å². The van der Waals surface area contributed by atoms with E-state index < -0.39 is 22.2 Å². The normalized spacial score (nSPS) is 14.8. The number of carbonyl (C=O) groups is 1. The maximum absolute atomic E-state index is 12.0. The van der Waals surface area contributed by atoms with Crippen molar-refractivity contribution in [3.63, 3.8) is 0 Å². The van der Waals surface area contributed by atoms with Gasteiger partial charge in [-0.3, -0.25) is 4.79 Å². The topological polar surface area (TPSA) is 126 Å². The summed E-state index contributed by atoms with van der Waals surface area (Å²) in [6.07, 6.45) is 0.510. The van der Waals surface area contributed by atoms with Crippen LogP contribution in [0.1, 0.15) is 17.4 Å². The molecule has 9 heteroatoms. The van der Waals surface area contributed by atoms with Gasteiger partial charge in [-0.05, 0) is 13.0 Å². The zero-order valence-electron chi connectivity index (χ0n) is 11.6. The molecule has 0 aliphatic rings. The summed E-state index contributed by atoms with van der Waals surface area (Å²) in [5.74, 6) is -0.380. The van der Waals surface area contributed by atoms with Crippen LogP contribution in [0.25, 0.3) is 0 Å². The number of rotatable bonds is 6. The number of aliphatic hydroxyl groups is 1. The van der Waals surface area contributed by atoms with Gasteiger partial charge in [-0.15, -0.1) is 0 Å². The number of hydrogen-bond donors (Lipinski definition) is 4. The zero-order chi connectivity index (χ0) is 15.5. The third-order valence-electron chi connectivity index (χ3n) is 2.88. The second kappa shape index (κ2) is 6.35. The molecule has 0 saturated heterocycles. The number of aryl methyl sites for hydroxylation is 1. The zero-order valence-corrected chi connectivity index (χ0v) is 12.4. The van der Waals surface area contributed by atoms with E-state index in [2.05, 4.69) is 10.0 Å². The second-order valence-electron chi connectivity index (χ2n) is 4.51. The molecule has 2 unspecified atom stereocenters. The highest BCUT2D eigenvalue weighted by Gasteiger charge is 2.21. The first kappa shape index (κ1) is 16.6. The minimum atomic E-state index is -3.77. The average molecular weight is 304 g/mol. The van der Waals surface area contributed by atoms with Gasteiger partial charge in [0.15, 0.2) is 0 Å². The highest BCUT2D eigenvalue weighted by Crippen LogP contribution is 2.13. The van der Waals surface area contributed by atoms with Crippen LogP contribution in [0.4, 0.5) is 0 Å². The van der Waals surface area contributed by atoms with E-state index in [1.165, 1.54) is 30.8 Å². The summed E-state index contributed by atoms with van der Waals surface area (Å²) in [5.41, 5.74) is 5.79. The van der Waals surface area contributed by atoms with Crippen LogP contribution in [0.5, 0.6) is 0 Å². The number of amides is 1. The van der Waals surface area contributed by atoms with E-state index in [-0.39, 0.29) is 23.0 Å². The number of nitrogens with two attached hydrogens (primary N) is 1. The third-order valence-corrected chi connectivity index (χ3v) is 4.27. The lowest BCUT2D eigenvalue weighted by Crippen LogP contribution is -2.43. The van der Waals surface area contributed by atoms with Crippen molar-refractivity contribution in [2.24, 2.45) is 12.8 Å². The van der Waals surface area contributed by atoms with Gasteiger partial charge >= 0.3 is 0 Å². The van der Waals surface area contributed by atoms with Gasteiger partial charge in [-0.25, -0.2) is 13.1 Å². The Hall–Kier alpha value is -1.42. The van der Waals surface area contributed by atoms with Gasteiger partial charge in [0.2, 0.25) is 10.0 Å². The molecule has 20 heavy (non-hydrogen) atoms. The van der Waals surface area contributed by atoms with Crippen LogP contribution in [0.15, 0.2) is 17.2 Å². The maximum Gasteiger partial charge on any atom is 0.267 e. The Kier molecular flexibility index (Phi) is 5.28. The molecule has 0 spiro atoms. The number of carbonyl (C=O) groups excluding carboxylic acids is 1. The lowest BCUT2D eigenvalue weighted by molar-refractivity contribution is 0.0955. The van der Waals surface area contributed by atoms with Gasteiger partial charge in [-0.2, -0.15) is 0 Å². The first-order chi connectivity index (χ1) is 9.19. The van der Waals surface area contributed by atoms with E-state index in [4.69, 9.17) is 5.73 Å². The number of aromatic nitrogens is 1. The maximum atomic E-state index is 12.0. The number of hydrogen-bond acceptors (Lipinski definition) is 5. The quantitative estimate of drug-likeness (QED) is 0.502. The van der Waals surface area contributed by atoms with Crippen molar-refractivity contribution in [1.29, 1.82) is 0 Å². The highest BCUT2D eigenvalue weighted by molar-refractivity contribution is 7.89. The van der Waals surface area contributed by atoms with Crippen molar-refractivity contribution >= 4 is 15.9 Å². The molecule has 1 aromatic rings. The summed E-state index contributed by atoms with van der Waals surface area (Å²) < 4.78 is 27.8. The fraction of sp³-hybridized carbons (Fsp3) is 0.545. The molecule has 1 heterocycles. The minimum Gasteiger partial charge on any atom is -0.392 e. The summed E-state index contributed by atoms with van der Waals surface area (Å²) in [6.45, 7) is 1.38. The SMILES string of the molecule is CNC(=O)c1cc(S(=O)(=O)NCC(N)C(C)O)cn1C. The molecule has 0 fully saturated rings. The Bertz CT molecular complexity index is 579. The summed E-state index contributed by atoms with van der Waals surface area (Å²) >= 11 is 0. The Morgan fingerprint density at radius 1 is 1.55 bits per heavy atom. The monoisotopic (exact) mass is 304 g/mol. The summed E-state index contributed by atoms with van der Waals surface area (Å²) in [6, 6.07) is 0.571. The fourth-order valence-corrected chi connectivity index (χ4v) is 2.64. The smallest absolute Gasteiger partial charge is 0.267 e. The molecular weight excluding hydrogens is 284 g/mol. The van der Waals surface area contributed by atoms with Crippen LogP contribution < -0.4 is 15.8 Å². The van der Waals surface area contributed by atoms with Gasteiger partial charge in [0.25, 0.3) is 5.91 Å². The van der Waals surface area contributed by atoms with E-state index in [0.717, 1.165) is 0 Å². The second-order valence-corrected chi connectivity index (χ2v) is 6.27. The van der Waals surface area contributed by atoms with Gasteiger partial charge in [0, 0.05) is 32.9 Å². The average Bonchev–Trinajstić information content (AvgIpc) is 2.77. The lowest BCUT2D eigenvalue weighted by Gasteiger charge is -2.14. The van der Waals surface area contributed by atoms with Crippen molar-refractivity contribution in [3.05, 3.63) is 18.0 Å². The van der Waals surface area contributed by atoms with E-state index >= 15 is 0 Å². The van der Waals surface area contributed by atoms with E-state index in [0.29, 0.717) is 0 Å². The molecule has 0 aromatic carbocycles. The Balaban J connectivity index is 2.91. The largest absolute Gasteiger partial charge is 0.392 e. The molecule has 0 radical (unpaired) electrons. The molecule has 0 aliphatic heterocycles. The molecular formula is C11H20N4O4S. The van der Waals surface area contributed by atoms with Crippen molar-refractivity contribution in [2.45, 2.75) is 24.0 Å². The summed E-state index contributed by atoms with van der Waals surface area (Å²) in [5, 5.41) is 11.6. The molecule has 0 saturated carbocycles. The summed E-state index contributed by atoms with van der Waals surface area (Å²) in [4.78, 5) is 11.5. The van der Waals surface area contributed by atoms with E-state index in [1.807, 2.05) is 0 Å². The van der Waals surface area contributed by atoms with Crippen LogP contribution in [0.3, 0.4) is 0 Å². The Morgan fingerprint density at radius 2 is 2.15 bits per heavy atom. The van der Waals surface area contributed by atoms with E-state index in [1.54, 1.807) is 7.05 Å². The van der Waals surface area contributed by atoms with Crippen LogP contribution in [-0.2, 0) is 17.1 Å². The van der Waals surface area contributed by atoms with Gasteiger partial charge in [0.1, 0.15) is 10.6 Å². The first-order valence-electron chi connectivity index (χ1n) is 6.00. The predicted molar refractivity (Wildman–Crippen MR) is 73.6 cm³/mol. The molecule has 2 atom stereocenters. The minimum absolute atomic E-state index is 0.0311. The van der Waals surface area contributed by atoms with Crippen LogP contribution in [0.2, 0.25) is 0 Å². The Morgan fingerprint density at radius 3 is 2.65 bits per heavy atom. The summed E-state index contributed by atoms with van der Waals surface area (Å²) in [7, 11) is -0.738.